The quantitative estimate of drug-likeness (QED) is 0.541. The topological polar surface area (TPSA) is 110 Å². The number of ether oxygens (including phenoxy) is 1. The van der Waals surface area contributed by atoms with Crippen molar-refractivity contribution in [3.05, 3.63) is 58.1 Å². The number of amides is 1. The van der Waals surface area contributed by atoms with Crippen molar-refractivity contribution in [2.45, 2.75) is 12.3 Å². The van der Waals surface area contributed by atoms with E-state index < -0.39 is 4.92 Å². The van der Waals surface area contributed by atoms with Gasteiger partial charge in [-0.05, 0) is 36.1 Å². The third kappa shape index (κ3) is 2.85. The van der Waals surface area contributed by atoms with Crippen molar-refractivity contribution in [1.29, 1.82) is 0 Å². The Morgan fingerprint density at radius 1 is 1.35 bits per heavy atom. The number of benzene rings is 2. The van der Waals surface area contributed by atoms with Crippen LogP contribution in [0.5, 0.6) is 5.75 Å². The second-order valence-corrected chi connectivity index (χ2v) is 6.27. The lowest BCUT2D eigenvalue weighted by Crippen LogP contribution is -2.15. The van der Waals surface area contributed by atoms with E-state index in [0.717, 1.165) is 17.7 Å². The molecule has 0 radical (unpaired) electrons. The molecule has 1 heterocycles. The van der Waals surface area contributed by atoms with Crippen LogP contribution in [0.3, 0.4) is 0 Å². The van der Waals surface area contributed by atoms with Gasteiger partial charge < -0.3 is 10.1 Å². The zero-order valence-electron chi connectivity index (χ0n) is 13.9. The second kappa shape index (κ2) is 6.14. The van der Waals surface area contributed by atoms with Gasteiger partial charge in [-0.2, -0.15) is 5.10 Å². The van der Waals surface area contributed by atoms with Crippen LogP contribution in [0, 0.1) is 16.0 Å². The standard InChI is InChI=1S/C18H16N4O4/c1-26-12-4-2-3-10(7-12)13-9-14(13)18(23)19-17-15-8-11(22(24)25)5-6-16(15)20-21-17/h2-8,13-14H,9H2,1H3,(H2,19,20,21,23)/t13-,14+/m0/s1. The molecule has 1 amide bonds. The van der Waals surface area contributed by atoms with Crippen molar-refractivity contribution in [2.75, 3.05) is 12.4 Å². The first-order chi connectivity index (χ1) is 12.6. The van der Waals surface area contributed by atoms with Gasteiger partial charge in [-0.3, -0.25) is 20.0 Å². The highest BCUT2D eigenvalue weighted by atomic mass is 16.6. The molecule has 0 saturated heterocycles. The summed E-state index contributed by atoms with van der Waals surface area (Å²) < 4.78 is 5.22. The zero-order chi connectivity index (χ0) is 18.3. The van der Waals surface area contributed by atoms with Crippen molar-refractivity contribution in [3.63, 3.8) is 0 Å². The molecule has 0 spiro atoms. The molecule has 1 aliphatic rings. The molecule has 1 aliphatic carbocycles. The number of nitro benzene ring substituents is 1. The van der Waals surface area contributed by atoms with Crippen molar-refractivity contribution >= 4 is 28.3 Å². The minimum atomic E-state index is -0.474. The van der Waals surface area contributed by atoms with Gasteiger partial charge in [-0.15, -0.1) is 0 Å². The Balaban J connectivity index is 1.51. The van der Waals surface area contributed by atoms with Crippen LogP contribution >= 0.6 is 0 Å². The minimum absolute atomic E-state index is 0.0462. The Labute approximate surface area is 148 Å². The molecule has 0 unspecified atom stereocenters. The fourth-order valence-corrected chi connectivity index (χ4v) is 3.15. The van der Waals surface area contributed by atoms with Crippen LogP contribution in [-0.4, -0.2) is 28.1 Å². The number of non-ortho nitro benzene ring substituents is 1. The minimum Gasteiger partial charge on any atom is -0.497 e. The number of H-pyrrole nitrogens is 1. The maximum atomic E-state index is 12.5. The molecule has 1 saturated carbocycles. The number of carbonyl (C=O) groups excluding carboxylic acids is 1. The van der Waals surface area contributed by atoms with E-state index in [2.05, 4.69) is 15.5 Å². The Morgan fingerprint density at radius 2 is 2.19 bits per heavy atom. The monoisotopic (exact) mass is 352 g/mol. The van der Waals surface area contributed by atoms with E-state index in [9.17, 15) is 14.9 Å². The lowest BCUT2D eigenvalue weighted by atomic mass is 10.1. The fraction of sp³-hybridized carbons (Fsp3) is 0.222. The molecule has 8 nitrogen and oxygen atoms in total. The summed E-state index contributed by atoms with van der Waals surface area (Å²) in [4.78, 5) is 23.0. The molecule has 4 rings (SSSR count). The van der Waals surface area contributed by atoms with Crippen LogP contribution in [-0.2, 0) is 4.79 Å². The Bertz CT molecular complexity index is 1010. The second-order valence-electron chi connectivity index (χ2n) is 6.27. The third-order valence-electron chi connectivity index (χ3n) is 4.65. The van der Waals surface area contributed by atoms with Crippen LogP contribution in [0.25, 0.3) is 10.9 Å². The van der Waals surface area contributed by atoms with E-state index in [1.807, 2.05) is 24.3 Å². The summed E-state index contributed by atoms with van der Waals surface area (Å²) in [6.07, 6.45) is 0.751. The lowest BCUT2D eigenvalue weighted by molar-refractivity contribution is -0.384. The van der Waals surface area contributed by atoms with Crippen molar-refractivity contribution in [1.82, 2.24) is 10.2 Å². The molecule has 1 aromatic heterocycles. The number of hydrogen-bond donors (Lipinski definition) is 2. The first-order valence-electron chi connectivity index (χ1n) is 8.14. The van der Waals surface area contributed by atoms with Crippen molar-refractivity contribution < 1.29 is 14.5 Å². The fourth-order valence-electron chi connectivity index (χ4n) is 3.15. The van der Waals surface area contributed by atoms with Gasteiger partial charge in [-0.1, -0.05) is 12.1 Å². The van der Waals surface area contributed by atoms with Crippen LogP contribution < -0.4 is 10.1 Å². The van der Waals surface area contributed by atoms with Gasteiger partial charge in [0.2, 0.25) is 5.91 Å². The summed E-state index contributed by atoms with van der Waals surface area (Å²) in [5.41, 5.74) is 1.65. The number of nitrogens with one attached hydrogen (secondary N) is 2. The summed E-state index contributed by atoms with van der Waals surface area (Å²) >= 11 is 0. The molecule has 0 bridgehead atoms. The highest BCUT2D eigenvalue weighted by Gasteiger charge is 2.44. The molecule has 0 aliphatic heterocycles. The molecule has 26 heavy (non-hydrogen) atoms. The number of nitro groups is 1. The number of aromatic nitrogens is 2. The van der Waals surface area contributed by atoms with E-state index in [1.54, 1.807) is 13.2 Å². The molecule has 2 atom stereocenters. The molecular formula is C18H16N4O4. The summed E-state index contributed by atoms with van der Waals surface area (Å²) in [6, 6.07) is 12.1. The summed E-state index contributed by atoms with van der Waals surface area (Å²) in [6.45, 7) is 0. The van der Waals surface area contributed by atoms with Crippen LogP contribution in [0.2, 0.25) is 0 Å². The average molecular weight is 352 g/mol. The molecule has 132 valence electrons. The van der Waals surface area contributed by atoms with E-state index >= 15 is 0 Å². The maximum Gasteiger partial charge on any atom is 0.270 e. The number of methoxy groups -OCH3 is 1. The normalized spacial score (nSPS) is 18.5. The SMILES string of the molecule is COc1cccc([C@@H]2C[C@H]2C(=O)Nc2n[nH]c3ccc([N+](=O)[O-])cc23)c1. The van der Waals surface area contributed by atoms with Gasteiger partial charge in [0.15, 0.2) is 5.82 Å². The van der Waals surface area contributed by atoms with Gasteiger partial charge in [0, 0.05) is 18.1 Å². The predicted octanol–water partition coefficient (Wildman–Crippen LogP) is 3.22. The third-order valence-corrected chi connectivity index (χ3v) is 4.65. The van der Waals surface area contributed by atoms with E-state index in [0.29, 0.717) is 16.7 Å². The maximum absolute atomic E-state index is 12.5. The summed E-state index contributed by atoms with van der Waals surface area (Å²) in [7, 11) is 1.61. The van der Waals surface area contributed by atoms with Crippen molar-refractivity contribution in [3.8, 4) is 5.75 Å². The number of rotatable bonds is 5. The smallest absolute Gasteiger partial charge is 0.270 e. The highest BCUT2D eigenvalue weighted by molar-refractivity contribution is 6.02. The van der Waals surface area contributed by atoms with Gasteiger partial charge in [0.05, 0.1) is 22.9 Å². The molecule has 2 N–H and O–H groups in total. The van der Waals surface area contributed by atoms with E-state index in [4.69, 9.17) is 4.74 Å². The van der Waals surface area contributed by atoms with Crippen LogP contribution in [0.1, 0.15) is 17.9 Å². The number of hydrogen-bond acceptors (Lipinski definition) is 5. The Kier molecular flexibility index (Phi) is 3.80. The summed E-state index contributed by atoms with van der Waals surface area (Å²) in [5.74, 6) is 0.930. The highest BCUT2D eigenvalue weighted by Crippen LogP contribution is 2.48. The zero-order valence-corrected chi connectivity index (χ0v) is 13.9. The first-order valence-corrected chi connectivity index (χ1v) is 8.14. The van der Waals surface area contributed by atoms with Gasteiger partial charge in [0.1, 0.15) is 5.75 Å². The Hall–Kier alpha value is -3.42. The van der Waals surface area contributed by atoms with Crippen molar-refractivity contribution in [2.24, 2.45) is 5.92 Å². The number of fused-ring (bicyclic) bond motifs is 1. The summed E-state index contributed by atoms with van der Waals surface area (Å²) in [5, 5.41) is 21.1. The van der Waals surface area contributed by atoms with Gasteiger partial charge >= 0.3 is 0 Å². The first kappa shape index (κ1) is 16.1. The Morgan fingerprint density at radius 3 is 2.96 bits per heavy atom. The molecular weight excluding hydrogens is 336 g/mol. The number of carbonyl (C=O) groups is 1. The van der Waals surface area contributed by atoms with E-state index in [-0.39, 0.29) is 23.4 Å². The number of anilines is 1. The van der Waals surface area contributed by atoms with Crippen LogP contribution in [0.15, 0.2) is 42.5 Å². The van der Waals surface area contributed by atoms with Crippen LogP contribution in [0.4, 0.5) is 11.5 Å². The number of aromatic amines is 1. The molecule has 3 aromatic rings. The van der Waals surface area contributed by atoms with Gasteiger partial charge in [-0.25, -0.2) is 0 Å². The van der Waals surface area contributed by atoms with Gasteiger partial charge in [0.25, 0.3) is 5.69 Å². The average Bonchev–Trinajstić information content (AvgIpc) is 3.37. The largest absolute Gasteiger partial charge is 0.497 e. The number of nitrogens with zero attached hydrogens (tertiary/aromatic N) is 2. The van der Waals surface area contributed by atoms with E-state index in [1.165, 1.54) is 12.1 Å². The lowest BCUT2D eigenvalue weighted by Gasteiger charge is -2.05. The molecule has 1 fully saturated rings. The molecule has 8 heteroatoms. The predicted molar refractivity (Wildman–Crippen MR) is 95.2 cm³/mol. The molecule has 2 aromatic carbocycles.